The van der Waals surface area contributed by atoms with Crippen LogP contribution in [0.4, 0.5) is 4.39 Å². The number of carbonyl (C=O) groups is 1. The van der Waals surface area contributed by atoms with Crippen LogP contribution in [-0.2, 0) is 9.05 Å². The molecule has 1 atom stereocenters. The molecule has 110 valence electrons. The predicted octanol–water partition coefficient (Wildman–Crippen LogP) is 2.59. The van der Waals surface area contributed by atoms with E-state index in [1.807, 2.05) is 6.92 Å². The lowest BCUT2D eigenvalue weighted by Gasteiger charge is -2.15. The number of carbonyl (C=O) groups excluding carboxylic acids is 1. The molecular formula is C13H15ClFNO3S. The van der Waals surface area contributed by atoms with Crippen molar-refractivity contribution in [2.45, 2.75) is 37.6 Å². The van der Waals surface area contributed by atoms with Crippen LogP contribution in [0, 0.1) is 18.7 Å². The molecule has 20 heavy (non-hydrogen) atoms. The van der Waals surface area contributed by atoms with Crippen LogP contribution in [0.5, 0.6) is 0 Å². The Morgan fingerprint density at radius 1 is 1.45 bits per heavy atom. The molecule has 1 saturated carbocycles. The molecule has 1 aliphatic rings. The van der Waals surface area contributed by atoms with Gasteiger partial charge in [-0.1, -0.05) is 0 Å². The Kier molecular flexibility index (Phi) is 4.07. The van der Waals surface area contributed by atoms with E-state index in [9.17, 15) is 17.6 Å². The van der Waals surface area contributed by atoms with Crippen LogP contribution in [0.25, 0.3) is 0 Å². The Labute approximate surface area is 121 Å². The lowest BCUT2D eigenvalue weighted by molar-refractivity contribution is 0.0934. The van der Waals surface area contributed by atoms with Crippen molar-refractivity contribution in [1.82, 2.24) is 5.32 Å². The molecule has 0 spiro atoms. The third kappa shape index (κ3) is 3.30. The average Bonchev–Trinajstić information content (AvgIpc) is 3.13. The molecule has 4 nitrogen and oxygen atoms in total. The average molecular weight is 320 g/mol. The fraction of sp³-hybridized carbons (Fsp3) is 0.462. The van der Waals surface area contributed by atoms with Gasteiger partial charge >= 0.3 is 0 Å². The summed E-state index contributed by atoms with van der Waals surface area (Å²) in [5.74, 6) is -0.842. The van der Waals surface area contributed by atoms with Crippen molar-refractivity contribution in [3.63, 3.8) is 0 Å². The highest BCUT2D eigenvalue weighted by Gasteiger charge is 2.30. The summed E-state index contributed by atoms with van der Waals surface area (Å²) in [5.41, 5.74) is 0.152. The van der Waals surface area contributed by atoms with Gasteiger partial charge in [-0.2, -0.15) is 0 Å². The molecule has 0 radical (unpaired) electrons. The molecule has 1 N–H and O–H groups in total. The number of nitrogens with one attached hydrogen (secondary N) is 1. The first-order chi connectivity index (χ1) is 9.20. The zero-order valence-electron chi connectivity index (χ0n) is 11.1. The highest BCUT2D eigenvalue weighted by atomic mass is 35.7. The van der Waals surface area contributed by atoms with E-state index in [-0.39, 0.29) is 22.1 Å². The minimum Gasteiger partial charge on any atom is -0.349 e. The van der Waals surface area contributed by atoms with E-state index >= 15 is 0 Å². The maximum absolute atomic E-state index is 13.5. The van der Waals surface area contributed by atoms with E-state index in [1.165, 1.54) is 6.92 Å². The molecule has 1 aromatic carbocycles. The van der Waals surface area contributed by atoms with Crippen LogP contribution in [0.2, 0.25) is 0 Å². The standard InChI is InChI=1S/C13H15ClFNO3S/c1-7-11(13(17)16-8(2)9-3-4-9)5-10(15)6-12(7)20(14,18)19/h5-6,8-9H,3-4H2,1-2H3,(H,16,17). The summed E-state index contributed by atoms with van der Waals surface area (Å²) in [4.78, 5) is 11.8. The molecule has 2 rings (SSSR count). The highest BCUT2D eigenvalue weighted by Crippen LogP contribution is 2.32. The van der Waals surface area contributed by atoms with Crippen molar-refractivity contribution in [3.8, 4) is 0 Å². The first kappa shape index (κ1) is 15.3. The van der Waals surface area contributed by atoms with Gasteiger partial charge in [-0.3, -0.25) is 4.79 Å². The molecule has 0 heterocycles. The van der Waals surface area contributed by atoms with Crippen LogP contribution in [0.15, 0.2) is 17.0 Å². The maximum atomic E-state index is 13.5. The number of benzene rings is 1. The molecule has 1 aromatic rings. The summed E-state index contributed by atoms with van der Waals surface area (Å²) < 4.78 is 36.3. The summed E-state index contributed by atoms with van der Waals surface area (Å²) in [7, 11) is 1.16. The van der Waals surface area contributed by atoms with Gasteiger partial charge in [0.15, 0.2) is 0 Å². The number of halogens is 2. The topological polar surface area (TPSA) is 63.2 Å². The van der Waals surface area contributed by atoms with E-state index in [1.54, 1.807) is 0 Å². The van der Waals surface area contributed by atoms with Crippen molar-refractivity contribution in [3.05, 3.63) is 29.1 Å². The number of hydrogen-bond donors (Lipinski definition) is 1. The monoisotopic (exact) mass is 319 g/mol. The van der Waals surface area contributed by atoms with Crippen molar-refractivity contribution in [2.75, 3.05) is 0 Å². The molecule has 1 unspecified atom stereocenters. The minimum atomic E-state index is -4.09. The van der Waals surface area contributed by atoms with Crippen molar-refractivity contribution in [2.24, 2.45) is 5.92 Å². The van der Waals surface area contributed by atoms with Gasteiger partial charge in [0, 0.05) is 22.3 Å². The van der Waals surface area contributed by atoms with Crippen LogP contribution >= 0.6 is 10.7 Å². The van der Waals surface area contributed by atoms with Gasteiger partial charge in [-0.15, -0.1) is 0 Å². The Bertz CT molecular complexity index is 656. The van der Waals surface area contributed by atoms with Crippen molar-refractivity contribution >= 4 is 25.6 Å². The normalized spacial score (nSPS) is 16.8. The fourth-order valence-corrected chi connectivity index (χ4v) is 3.35. The summed E-state index contributed by atoms with van der Waals surface area (Å²) in [6.45, 7) is 3.31. The molecule has 0 saturated heterocycles. The summed E-state index contributed by atoms with van der Waals surface area (Å²) in [6, 6.07) is 1.83. The molecule has 0 aromatic heterocycles. The zero-order chi connectivity index (χ0) is 15.1. The molecule has 1 fully saturated rings. The maximum Gasteiger partial charge on any atom is 0.261 e. The lowest BCUT2D eigenvalue weighted by Crippen LogP contribution is -2.34. The molecule has 1 amide bonds. The SMILES string of the molecule is Cc1c(C(=O)NC(C)C2CC2)cc(F)cc1S(=O)(=O)Cl. The Morgan fingerprint density at radius 3 is 2.55 bits per heavy atom. The second-order valence-electron chi connectivity index (χ2n) is 5.11. The predicted molar refractivity (Wildman–Crippen MR) is 73.8 cm³/mol. The summed E-state index contributed by atoms with van der Waals surface area (Å²) >= 11 is 0. The van der Waals surface area contributed by atoms with Gasteiger partial charge in [-0.05, 0) is 50.3 Å². The van der Waals surface area contributed by atoms with E-state index < -0.39 is 20.8 Å². The van der Waals surface area contributed by atoms with Gasteiger partial charge in [0.25, 0.3) is 15.0 Å². The number of rotatable bonds is 4. The van der Waals surface area contributed by atoms with E-state index in [4.69, 9.17) is 10.7 Å². The summed E-state index contributed by atoms with van der Waals surface area (Å²) in [6.07, 6.45) is 2.12. The van der Waals surface area contributed by atoms with E-state index in [2.05, 4.69) is 5.32 Å². The largest absolute Gasteiger partial charge is 0.349 e. The lowest BCUT2D eigenvalue weighted by atomic mass is 10.1. The van der Waals surface area contributed by atoms with Gasteiger partial charge in [-0.25, -0.2) is 12.8 Å². The fourth-order valence-electron chi connectivity index (χ4n) is 2.14. The van der Waals surface area contributed by atoms with Gasteiger partial charge < -0.3 is 5.32 Å². The third-order valence-electron chi connectivity index (χ3n) is 3.52. The molecule has 0 bridgehead atoms. The molecule has 0 aliphatic heterocycles. The van der Waals surface area contributed by atoms with Crippen LogP contribution in [-0.4, -0.2) is 20.4 Å². The minimum absolute atomic E-state index is 0.00303. The molecule has 7 heteroatoms. The van der Waals surface area contributed by atoms with E-state index in [0.29, 0.717) is 5.92 Å². The Hall–Kier alpha value is -1.14. The third-order valence-corrected chi connectivity index (χ3v) is 4.97. The van der Waals surface area contributed by atoms with Gasteiger partial charge in [0.2, 0.25) is 0 Å². The van der Waals surface area contributed by atoms with E-state index in [0.717, 1.165) is 25.0 Å². The number of hydrogen-bond acceptors (Lipinski definition) is 3. The Balaban J connectivity index is 2.35. The van der Waals surface area contributed by atoms with Crippen molar-refractivity contribution in [1.29, 1.82) is 0 Å². The quantitative estimate of drug-likeness (QED) is 0.868. The van der Waals surface area contributed by atoms with Gasteiger partial charge in [0.05, 0.1) is 4.90 Å². The van der Waals surface area contributed by atoms with Gasteiger partial charge in [0.1, 0.15) is 5.82 Å². The first-order valence-electron chi connectivity index (χ1n) is 6.26. The first-order valence-corrected chi connectivity index (χ1v) is 8.56. The van der Waals surface area contributed by atoms with Crippen LogP contribution in [0.1, 0.15) is 35.7 Å². The summed E-state index contributed by atoms with van der Waals surface area (Å²) in [5, 5.41) is 2.76. The number of amides is 1. The van der Waals surface area contributed by atoms with Crippen LogP contribution in [0.3, 0.4) is 0 Å². The Morgan fingerprint density at radius 2 is 2.05 bits per heavy atom. The second-order valence-corrected chi connectivity index (χ2v) is 7.65. The zero-order valence-corrected chi connectivity index (χ0v) is 12.7. The smallest absolute Gasteiger partial charge is 0.261 e. The molecule has 1 aliphatic carbocycles. The second kappa shape index (κ2) is 5.33. The van der Waals surface area contributed by atoms with Crippen molar-refractivity contribution < 1.29 is 17.6 Å². The van der Waals surface area contributed by atoms with Crippen LogP contribution < -0.4 is 5.32 Å². The molecular weight excluding hydrogens is 305 g/mol. The highest BCUT2D eigenvalue weighted by molar-refractivity contribution is 8.13.